The molecule has 0 aliphatic rings. The standard InChI is InChI=1S/C16H15ClN2OS.C4H4O4/c1-2-21-16-12(10-19)4-3-5-14(16)20-15-8-13(17)7-6-11(15)9-18;5-3(6)1-2-4(7)8/h3-8H,2,10,19H2,1H3;1-2H,(H,5,6)(H,7,8)/b;2-1+. The number of nitrogens with zero attached hydrogens (tertiary/aromatic N) is 1. The van der Waals surface area contributed by atoms with Crippen molar-refractivity contribution in [3.05, 3.63) is 64.7 Å². The van der Waals surface area contributed by atoms with Crippen molar-refractivity contribution in [3.8, 4) is 17.6 Å². The highest BCUT2D eigenvalue weighted by molar-refractivity contribution is 7.99. The maximum atomic E-state index is 9.55. The average Bonchev–Trinajstić information content (AvgIpc) is 2.68. The highest BCUT2D eigenvalue weighted by atomic mass is 35.5. The van der Waals surface area contributed by atoms with Gasteiger partial charge in [-0.25, -0.2) is 9.59 Å². The molecule has 0 saturated heterocycles. The van der Waals surface area contributed by atoms with Crippen molar-refractivity contribution in [3.63, 3.8) is 0 Å². The van der Waals surface area contributed by atoms with Crippen molar-refractivity contribution in [2.24, 2.45) is 5.73 Å². The number of carboxylic acid groups (broad SMARTS) is 2. The number of nitriles is 1. The van der Waals surface area contributed by atoms with Crippen LogP contribution in [0.1, 0.15) is 18.1 Å². The topological polar surface area (TPSA) is 134 Å². The van der Waals surface area contributed by atoms with Gasteiger partial charge in [-0.15, -0.1) is 11.8 Å². The zero-order chi connectivity index (χ0) is 21.8. The molecule has 0 radical (unpaired) electrons. The third-order valence-electron chi connectivity index (χ3n) is 3.22. The number of aliphatic carboxylic acids is 2. The van der Waals surface area contributed by atoms with Crippen LogP contribution >= 0.6 is 23.4 Å². The fourth-order valence-corrected chi connectivity index (χ4v) is 3.08. The summed E-state index contributed by atoms with van der Waals surface area (Å²) in [6.07, 6.45) is 1.12. The van der Waals surface area contributed by atoms with Gasteiger partial charge >= 0.3 is 11.9 Å². The molecule has 152 valence electrons. The van der Waals surface area contributed by atoms with E-state index in [2.05, 4.69) is 13.0 Å². The third kappa shape index (κ3) is 8.27. The van der Waals surface area contributed by atoms with E-state index in [9.17, 15) is 9.59 Å². The van der Waals surface area contributed by atoms with Gasteiger partial charge in [-0.2, -0.15) is 5.26 Å². The monoisotopic (exact) mass is 434 g/mol. The number of carbonyl (C=O) groups is 2. The van der Waals surface area contributed by atoms with Gasteiger partial charge in [-0.1, -0.05) is 30.7 Å². The van der Waals surface area contributed by atoms with Crippen molar-refractivity contribution in [1.82, 2.24) is 0 Å². The number of benzene rings is 2. The second kappa shape index (κ2) is 12.5. The lowest BCUT2D eigenvalue weighted by molar-refractivity contribution is -0.134. The number of hydrogen-bond acceptors (Lipinski definition) is 6. The zero-order valence-electron chi connectivity index (χ0n) is 15.5. The fraction of sp³-hybridized carbons (Fsp3) is 0.150. The Hall–Kier alpha value is -2.99. The van der Waals surface area contributed by atoms with Crippen LogP contribution in [0.5, 0.6) is 11.5 Å². The molecule has 2 aromatic carbocycles. The van der Waals surface area contributed by atoms with Crippen molar-refractivity contribution in [2.45, 2.75) is 18.4 Å². The lowest BCUT2D eigenvalue weighted by atomic mass is 10.2. The fourth-order valence-electron chi connectivity index (χ4n) is 2.04. The molecule has 0 aromatic heterocycles. The van der Waals surface area contributed by atoms with E-state index in [1.807, 2.05) is 18.2 Å². The molecule has 0 bridgehead atoms. The van der Waals surface area contributed by atoms with Crippen LogP contribution in [0, 0.1) is 11.3 Å². The third-order valence-corrected chi connectivity index (χ3v) is 4.50. The maximum absolute atomic E-state index is 9.55. The summed E-state index contributed by atoms with van der Waals surface area (Å²) >= 11 is 7.65. The number of halogens is 1. The summed E-state index contributed by atoms with van der Waals surface area (Å²) in [6.45, 7) is 2.52. The predicted molar refractivity (Wildman–Crippen MR) is 111 cm³/mol. The molecule has 0 amide bonds. The molecule has 2 rings (SSSR count). The van der Waals surface area contributed by atoms with E-state index in [4.69, 9.17) is 37.5 Å². The minimum atomic E-state index is -1.26. The van der Waals surface area contributed by atoms with Crippen LogP contribution in [-0.4, -0.2) is 27.9 Å². The van der Waals surface area contributed by atoms with Gasteiger partial charge in [0, 0.05) is 29.8 Å². The second-order valence-corrected chi connectivity index (χ2v) is 6.96. The molecule has 0 heterocycles. The predicted octanol–water partition coefficient (Wildman–Crippen LogP) is 4.29. The summed E-state index contributed by atoms with van der Waals surface area (Å²) in [5.41, 5.74) is 7.26. The van der Waals surface area contributed by atoms with Crippen LogP contribution < -0.4 is 10.5 Å². The molecule has 29 heavy (non-hydrogen) atoms. The van der Waals surface area contributed by atoms with Crippen LogP contribution in [0.2, 0.25) is 5.02 Å². The van der Waals surface area contributed by atoms with E-state index >= 15 is 0 Å². The highest BCUT2D eigenvalue weighted by Gasteiger charge is 2.12. The van der Waals surface area contributed by atoms with Crippen LogP contribution in [0.4, 0.5) is 0 Å². The first-order valence-electron chi connectivity index (χ1n) is 8.28. The molecule has 0 atom stereocenters. The average molecular weight is 435 g/mol. The summed E-state index contributed by atoms with van der Waals surface area (Å²) in [7, 11) is 0. The van der Waals surface area contributed by atoms with E-state index < -0.39 is 11.9 Å². The number of ether oxygens (including phenoxy) is 1. The molecule has 2 aromatic rings. The Morgan fingerprint density at radius 1 is 1.21 bits per heavy atom. The molecular formula is C20H19ClN2O5S. The van der Waals surface area contributed by atoms with E-state index in [1.165, 1.54) is 0 Å². The Morgan fingerprint density at radius 2 is 1.86 bits per heavy atom. The van der Waals surface area contributed by atoms with Gasteiger partial charge in [0.25, 0.3) is 0 Å². The quantitative estimate of drug-likeness (QED) is 0.434. The van der Waals surface area contributed by atoms with Crippen LogP contribution in [-0.2, 0) is 16.1 Å². The molecule has 0 saturated carbocycles. The van der Waals surface area contributed by atoms with E-state index in [0.717, 1.165) is 16.2 Å². The lowest BCUT2D eigenvalue weighted by Gasteiger charge is -2.14. The van der Waals surface area contributed by atoms with Crippen molar-refractivity contribution < 1.29 is 24.5 Å². The van der Waals surface area contributed by atoms with Crippen molar-refractivity contribution in [1.29, 1.82) is 5.26 Å². The Balaban J connectivity index is 0.000000447. The molecule has 9 heteroatoms. The molecule has 4 N–H and O–H groups in total. The Labute approximate surface area is 177 Å². The normalized spacial score (nSPS) is 10.0. The number of carboxylic acids is 2. The molecular weight excluding hydrogens is 416 g/mol. The summed E-state index contributed by atoms with van der Waals surface area (Å²) in [6, 6.07) is 12.8. The summed E-state index contributed by atoms with van der Waals surface area (Å²) < 4.78 is 5.92. The molecule has 0 fully saturated rings. The Kier molecular flexibility index (Phi) is 10.3. The number of hydrogen-bond donors (Lipinski definition) is 3. The smallest absolute Gasteiger partial charge is 0.328 e. The zero-order valence-corrected chi connectivity index (χ0v) is 17.0. The van der Waals surface area contributed by atoms with E-state index in [-0.39, 0.29) is 0 Å². The molecule has 0 spiro atoms. The Bertz CT molecular complexity index is 925. The highest BCUT2D eigenvalue weighted by Crippen LogP contribution is 2.37. The van der Waals surface area contributed by atoms with E-state index in [0.29, 0.717) is 40.8 Å². The number of rotatable bonds is 7. The molecule has 0 unspecified atom stereocenters. The van der Waals surface area contributed by atoms with Crippen molar-refractivity contribution >= 4 is 35.3 Å². The summed E-state index contributed by atoms with van der Waals surface area (Å²) in [5, 5.41) is 25.3. The molecule has 0 aliphatic heterocycles. The van der Waals surface area contributed by atoms with Gasteiger partial charge in [-0.05, 0) is 29.5 Å². The van der Waals surface area contributed by atoms with Gasteiger partial charge in [-0.3, -0.25) is 0 Å². The first kappa shape index (κ1) is 24.0. The molecule has 0 aliphatic carbocycles. The summed E-state index contributed by atoms with van der Waals surface area (Å²) in [5.74, 6) is -0.450. The van der Waals surface area contributed by atoms with Crippen LogP contribution in [0.3, 0.4) is 0 Å². The van der Waals surface area contributed by atoms with Gasteiger partial charge in [0.1, 0.15) is 17.6 Å². The van der Waals surface area contributed by atoms with Crippen LogP contribution in [0.15, 0.2) is 53.4 Å². The van der Waals surface area contributed by atoms with Gasteiger partial charge in [0.05, 0.1) is 10.5 Å². The minimum absolute atomic E-state index is 0.445. The maximum Gasteiger partial charge on any atom is 0.328 e. The van der Waals surface area contributed by atoms with Crippen LogP contribution in [0.25, 0.3) is 0 Å². The van der Waals surface area contributed by atoms with Gasteiger partial charge in [0.15, 0.2) is 0 Å². The molecule has 7 nitrogen and oxygen atoms in total. The Morgan fingerprint density at radius 3 is 2.38 bits per heavy atom. The van der Waals surface area contributed by atoms with Crippen molar-refractivity contribution in [2.75, 3.05) is 5.75 Å². The first-order chi connectivity index (χ1) is 13.8. The number of thioether (sulfide) groups is 1. The van der Waals surface area contributed by atoms with Gasteiger partial charge in [0.2, 0.25) is 0 Å². The SMILES string of the molecule is CCSc1c(CN)cccc1Oc1cc(Cl)ccc1C#N.O=C(O)/C=C/C(=O)O. The van der Waals surface area contributed by atoms with E-state index in [1.54, 1.807) is 30.0 Å². The second-order valence-electron chi connectivity index (χ2n) is 5.25. The largest absolute Gasteiger partial charge is 0.478 e. The minimum Gasteiger partial charge on any atom is -0.478 e. The first-order valence-corrected chi connectivity index (χ1v) is 9.64. The lowest BCUT2D eigenvalue weighted by Crippen LogP contribution is -2.00. The van der Waals surface area contributed by atoms with Gasteiger partial charge < -0.3 is 20.7 Å². The number of nitrogens with two attached hydrogens (primary N) is 1. The summed E-state index contributed by atoms with van der Waals surface area (Å²) in [4.78, 5) is 20.1.